The summed E-state index contributed by atoms with van der Waals surface area (Å²) in [6, 6.07) is 5.85. The largest absolute Gasteiger partial charge is 0.491 e. The second-order valence-electron chi connectivity index (χ2n) is 6.42. The molecule has 4 heterocycles. The number of pyridine rings is 2. The van der Waals surface area contributed by atoms with Crippen LogP contribution >= 0.6 is 11.6 Å². The van der Waals surface area contributed by atoms with Crippen molar-refractivity contribution in [3.8, 4) is 22.9 Å². The van der Waals surface area contributed by atoms with Gasteiger partial charge in [0.15, 0.2) is 5.75 Å². The lowest BCUT2D eigenvalue weighted by Gasteiger charge is -2.08. The number of halogens is 1. The fourth-order valence-electron chi connectivity index (χ4n) is 3.52. The van der Waals surface area contributed by atoms with Crippen LogP contribution in [0.15, 0.2) is 30.6 Å². The molecule has 4 rings (SSSR count). The molecule has 0 N–H and O–H groups in total. The van der Waals surface area contributed by atoms with Crippen LogP contribution in [0.4, 0.5) is 0 Å². The monoisotopic (exact) mass is 384 g/mol. The quantitative estimate of drug-likeness (QED) is 0.501. The Kier molecular flexibility index (Phi) is 4.44. The minimum atomic E-state index is 0.468. The molecule has 7 heteroatoms. The molecule has 0 saturated carbocycles. The Balaban J connectivity index is 2.04. The average molecular weight is 385 g/mol. The lowest BCUT2D eigenvalue weighted by molar-refractivity contribution is 0.344. The van der Waals surface area contributed by atoms with E-state index in [1.165, 1.54) is 0 Å². The number of fused-ring (bicyclic) bond motifs is 2. The van der Waals surface area contributed by atoms with Gasteiger partial charge in [-0.1, -0.05) is 18.5 Å². The molecule has 4 aromatic rings. The van der Waals surface area contributed by atoms with Crippen molar-refractivity contribution in [3.05, 3.63) is 35.6 Å². The molecule has 0 aliphatic carbocycles. The SMILES string of the molecule is CCCn1cc(-c2cc3c(Cl)ccnc3n2C)c2nc(OC)c(OC)cc21. The van der Waals surface area contributed by atoms with Gasteiger partial charge >= 0.3 is 0 Å². The van der Waals surface area contributed by atoms with Crippen molar-refractivity contribution >= 4 is 33.7 Å². The first-order valence-electron chi connectivity index (χ1n) is 8.81. The topological polar surface area (TPSA) is 54.1 Å². The van der Waals surface area contributed by atoms with E-state index in [1.54, 1.807) is 26.5 Å². The highest BCUT2D eigenvalue weighted by atomic mass is 35.5. The zero-order valence-corrected chi connectivity index (χ0v) is 16.5. The first-order valence-corrected chi connectivity index (χ1v) is 9.19. The number of rotatable bonds is 5. The molecule has 0 aromatic carbocycles. The molecule has 6 nitrogen and oxygen atoms in total. The maximum Gasteiger partial charge on any atom is 0.257 e. The zero-order chi connectivity index (χ0) is 19.1. The van der Waals surface area contributed by atoms with Crippen LogP contribution in [-0.2, 0) is 13.6 Å². The van der Waals surface area contributed by atoms with E-state index < -0.39 is 0 Å². The molecule has 0 saturated heterocycles. The lowest BCUT2D eigenvalue weighted by Crippen LogP contribution is -1.97. The third kappa shape index (κ3) is 2.72. The van der Waals surface area contributed by atoms with Gasteiger partial charge in [0, 0.05) is 43.0 Å². The highest BCUT2D eigenvalue weighted by Crippen LogP contribution is 2.38. The van der Waals surface area contributed by atoms with Crippen molar-refractivity contribution in [3.63, 3.8) is 0 Å². The van der Waals surface area contributed by atoms with E-state index in [0.29, 0.717) is 16.7 Å². The second-order valence-corrected chi connectivity index (χ2v) is 6.83. The first kappa shape index (κ1) is 17.7. The Bertz CT molecular complexity index is 1150. The van der Waals surface area contributed by atoms with E-state index in [4.69, 9.17) is 26.1 Å². The molecular weight excluding hydrogens is 364 g/mol. The first-order chi connectivity index (χ1) is 13.1. The Morgan fingerprint density at radius 1 is 1.19 bits per heavy atom. The normalized spacial score (nSPS) is 11.4. The Morgan fingerprint density at radius 2 is 2.00 bits per heavy atom. The Hall–Kier alpha value is -2.73. The summed E-state index contributed by atoms with van der Waals surface area (Å²) in [5.74, 6) is 1.09. The van der Waals surface area contributed by atoms with Crippen LogP contribution in [0.2, 0.25) is 5.02 Å². The molecule has 0 spiro atoms. The maximum atomic E-state index is 6.38. The predicted octanol–water partition coefficient (Wildman–Crippen LogP) is 4.67. The summed E-state index contributed by atoms with van der Waals surface area (Å²) < 4.78 is 15.1. The minimum absolute atomic E-state index is 0.468. The summed E-state index contributed by atoms with van der Waals surface area (Å²) in [5, 5.41) is 1.61. The van der Waals surface area contributed by atoms with Gasteiger partial charge in [-0.15, -0.1) is 0 Å². The number of aromatic nitrogens is 4. The number of methoxy groups -OCH3 is 2. The summed E-state index contributed by atoms with van der Waals surface area (Å²) in [6.45, 7) is 3.04. The average Bonchev–Trinajstić information content (AvgIpc) is 3.19. The number of hydrogen-bond donors (Lipinski definition) is 0. The summed E-state index contributed by atoms with van der Waals surface area (Å²) >= 11 is 6.38. The van der Waals surface area contributed by atoms with Crippen LogP contribution in [0.1, 0.15) is 13.3 Å². The predicted molar refractivity (Wildman–Crippen MR) is 108 cm³/mol. The van der Waals surface area contributed by atoms with Crippen LogP contribution in [0, 0.1) is 0 Å². The summed E-state index contributed by atoms with van der Waals surface area (Å²) in [5.41, 5.74) is 4.73. The van der Waals surface area contributed by atoms with E-state index in [9.17, 15) is 0 Å². The molecule has 0 aliphatic heterocycles. The third-order valence-electron chi connectivity index (χ3n) is 4.81. The van der Waals surface area contributed by atoms with Gasteiger partial charge in [-0.2, -0.15) is 0 Å². The number of aryl methyl sites for hydroxylation is 2. The molecule has 4 aromatic heterocycles. The van der Waals surface area contributed by atoms with E-state index in [2.05, 4.69) is 28.7 Å². The minimum Gasteiger partial charge on any atom is -0.491 e. The molecule has 0 radical (unpaired) electrons. The number of nitrogens with zero attached hydrogens (tertiary/aromatic N) is 4. The molecule has 0 bridgehead atoms. The molecule has 27 heavy (non-hydrogen) atoms. The van der Waals surface area contributed by atoms with Gasteiger partial charge < -0.3 is 18.6 Å². The van der Waals surface area contributed by atoms with Gasteiger partial charge in [-0.25, -0.2) is 9.97 Å². The highest BCUT2D eigenvalue weighted by Gasteiger charge is 2.20. The van der Waals surface area contributed by atoms with Gasteiger partial charge in [0.1, 0.15) is 11.2 Å². The van der Waals surface area contributed by atoms with Crippen molar-refractivity contribution in [2.75, 3.05) is 14.2 Å². The van der Waals surface area contributed by atoms with Crippen LogP contribution < -0.4 is 9.47 Å². The summed E-state index contributed by atoms with van der Waals surface area (Å²) in [4.78, 5) is 9.22. The third-order valence-corrected chi connectivity index (χ3v) is 5.14. The van der Waals surface area contributed by atoms with Crippen molar-refractivity contribution in [1.82, 2.24) is 19.1 Å². The Labute approximate surface area is 162 Å². The fraction of sp³-hybridized carbons (Fsp3) is 0.300. The second kappa shape index (κ2) is 6.78. The zero-order valence-electron chi connectivity index (χ0n) is 15.8. The van der Waals surface area contributed by atoms with Crippen molar-refractivity contribution < 1.29 is 9.47 Å². The van der Waals surface area contributed by atoms with Crippen LogP contribution in [0.3, 0.4) is 0 Å². The van der Waals surface area contributed by atoms with E-state index in [1.807, 2.05) is 17.7 Å². The van der Waals surface area contributed by atoms with Crippen LogP contribution in [0.25, 0.3) is 33.3 Å². The maximum absolute atomic E-state index is 6.38. The smallest absolute Gasteiger partial charge is 0.257 e. The fourth-order valence-corrected chi connectivity index (χ4v) is 3.72. The molecule has 0 aliphatic rings. The molecule has 0 amide bonds. The Morgan fingerprint density at radius 3 is 2.67 bits per heavy atom. The van der Waals surface area contributed by atoms with E-state index in [-0.39, 0.29) is 0 Å². The highest BCUT2D eigenvalue weighted by molar-refractivity contribution is 6.35. The van der Waals surface area contributed by atoms with Gasteiger partial charge in [0.25, 0.3) is 5.88 Å². The van der Waals surface area contributed by atoms with Crippen molar-refractivity contribution in [2.45, 2.75) is 19.9 Å². The van der Waals surface area contributed by atoms with E-state index >= 15 is 0 Å². The summed E-state index contributed by atoms with van der Waals surface area (Å²) in [6.07, 6.45) is 4.86. The van der Waals surface area contributed by atoms with Crippen LogP contribution in [-0.4, -0.2) is 33.3 Å². The summed E-state index contributed by atoms with van der Waals surface area (Å²) in [7, 11) is 5.21. The lowest BCUT2D eigenvalue weighted by atomic mass is 10.2. The van der Waals surface area contributed by atoms with Gasteiger partial charge in [0.2, 0.25) is 0 Å². The van der Waals surface area contributed by atoms with Crippen molar-refractivity contribution in [2.24, 2.45) is 7.05 Å². The van der Waals surface area contributed by atoms with Crippen LogP contribution in [0.5, 0.6) is 11.6 Å². The van der Waals surface area contributed by atoms with Gasteiger partial charge in [0.05, 0.1) is 30.5 Å². The van der Waals surface area contributed by atoms with Gasteiger partial charge in [-0.3, -0.25) is 0 Å². The molecule has 0 fully saturated rings. The molecule has 0 atom stereocenters. The molecule has 140 valence electrons. The van der Waals surface area contributed by atoms with E-state index in [0.717, 1.165) is 46.3 Å². The van der Waals surface area contributed by atoms with Crippen molar-refractivity contribution in [1.29, 1.82) is 0 Å². The van der Waals surface area contributed by atoms with Gasteiger partial charge in [-0.05, 0) is 18.6 Å². The number of ether oxygens (including phenoxy) is 2. The number of hydrogen-bond acceptors (Lipinski definition) is 4. The molecular formula is C20H21ClN4O2. The standard InChI is InChI=1S/C20H21ClN4O2/c1-5-8-25-11-13(18-16(25)10-17(26-3)20(23-18)27-4)15-9-12-14(21)6-7-22-19(12)24(15)2/h6-7,9-11H,5,8H2,1-4H3. The molecule has 0 unspecified atom stereocenters.